The van der Waals surface area contributed by atoms with Crippen LogP contribution in [0.3, 0.4) is 0 Å². The average Bonchev–Trinajstić information content (AvgIpc) is 2.97. The Labute approximate surface area is 172 Å². The van der Waals surface area contributed by atoms with Crippen LogP contribution < -0.4 is 4.74 Å². The van der Waals surface area contributed by atoms with Crippen LogP contribution in [0.5, 0.6) is 5.75 Å². The number of hydrogen-bond acceptors (Lipinski definition) is 5. The van der Waals surface area contributed by atoms with E-state index in [1.807, 2.05) is 0 Å². The van der Waals surface area contributed by atoms with Crippen LogP contribution in [0.2, 0.25) is 5.02 Å². The molecule has 2 aromatic carbocycles. The number of fused-ring (bicyclic) bond motifs is 1. The number of Topliss-reactive ketones (excluding diaryl/α,β-unsaturated/α-hetero) is 1. The fraction of sp³-hybridized carbons (Fsp3) is 0.0476. The van der Waals surface area contributed by atoms with E-state index in [4.69, 9.17) is 16.3 Å². The zero-order chi connectivity index (χ0) is 20.8. The number of ether oxygens (including phenoxy) is 1. The van der Waals surface area contributed by atoms with Gasteiger partial charge in [0.1, 0.15) is 10.6 Å². The standard InChI is InChI=1S/C21H14ClNO5S/c1-12-7-14(16-10-15(22)4-5-19(16)29(25,26)27)9-17-20(12)21(24)18(28-17)8-13-3-2-6-23-11-13/h2-11H,1H3,(H,25,26,27). The van der Waals surface area contributed by atoms with E-state index in [0.29, 0.717) is 33.0 Å². The number of allylic oxidation sites excluding steroid dienone is 1. The molecule has 6 nitrogen and oxygen atoms in total. The number of aromatic nitrogens is 1. The molecule has 4 rings (SSSR count). The highest BCUT2D eigenvalue weighted by atomic mass is 35.5. The molecule has 146 valence electrons. The Morgan fingerprint density at radius 2 is 1.97 bits per heavy atom. The Morgan fingerprint density at radius 3 is 2.66 bits per heavy atom. The van der Waals surface area contributed by atoms with E-state index in [9.17, 15) is 17.8 Å². The predicted molar refractivity (Wildman–Crippen MR) is 109 cm³/mol. The highest BCUT2D eigenvalue weighted by Crippen LogP contribution is 2.40. The SMILES string of the molecule is Cc1cc(-c2cc(Cl)ccc2S(=O)(=O)O)cc2c1C(=O)C(=Cc1cccnc1)O2. The zero-order valence-electron chi connectivity index (χ0n) is 15.1. The summed E-state index contributed by atoms with van der Waals surface area (Å²) in [6.07, 6.45) is 4.83. The minimum absolute atomic E-state index is 0.148. The summed E-state index contributed by atoms with van der Waals surface area (Å²) < 4.78 is 38.9. The highest BCUT2D eigenvalue weighted by Gasteiger charge is 2.30. The van der Waals surface area contributed by atoms with Gasteiger partial charge in [0.15, 0.2) is 5.76 Å². The van der Waals surface area contributed by atoms with Gasteiger partial charge in [-0.15, -0.1) is 0 Å². The molecule has 0 fully saturated rings. The summed E-state index contributed by atoms with van der Waals surface area (Å²) >= 11 is 6.03. The van der Waals surface area contributed by atoms with Gasteiger partial charge in [0.25, 0.3) is 10.1 Å². The third-order valence-electron chi connectivity index (χ3n) is 4.48. The van der Waals surface area contributed by atoms with E-state index in [2.05, 4.69) is 4.98 Å². The van der Waals surface area contributed by atoms with Gasteiger partial charge in [0.2, 0.25) is 5.78 Å². The number of carbonyl (C=O) groups is 1. The van der Waals surface area contributed by atoms with Gasteiger partial charge in [-0.2, -0.15) is 8.42 Å². The molecule has 29 heavy (non-hydrogen) atoms. The van der Waals surface area contributed by atoms with Gasteiger partial charge < -0.3 is 4.74 Å². The lowest BCUT2D eigenvalue weighted by Gasteiger charge is -2.11. The predicted octanol–water partition coefficient (Wildman–Crippen LogP) is 4.57. The lowest BCUT2D eigenvalue weighted by Crippen LogP contribution is -2.01. The van der Waals surface area contributed by atoms with Crippen LogP contribution in [0.15, 0.2) is 65.5 Å². The molecule has 1 aliphatic heterocycles. The van der Waals surface area contributed by atoms with Crippen LogP contribution in [-0.2, 0) is 10.1 Å². The molecule has 2 heterocycles. The minimum Gasteiger partial charge on any atom is -0.452 e. The van der Waals surface area contributed by atoms with Gasteiger partial charge in [-0.1, -0.05) is 23.7 Å². The fourth-order valence-electron chi connectivity index (χ4n) is 3.23. The minimum atomic E-state index is -4.47. The average molecular weight is 428 g/mol. The monoisotopic (exact) mass is 427 g/mol. The van der Waals surface area contributed by atoms with E-state index in [0.717, 1.165) is 0 Å². The number of carbonyl (C=O) groups excluding carboxylic acids is 1. The fourth-order valence-corrected chi connectivity index (χ4v) is 4.10. The van der Waals surface area contributed by atoms with Crippen molar-refractivity contribution in [3.8, 4) is 16.9 Å². The largest absolute Gasteiger partial charge is 0.452 e. The number of rotatable bonds is 3. The third-order valence-corrected chi connectivity index (χ3v) is 5.63. The maximum absolute atomic E-state index is 12.8. The van der Waals surface area contributed by atoms with Crippen molar-refractivity contribution in [3.63, 3.8) is 0 Å². The summed E-state index contributed by atoms with van der Waals surface area (Å²) in [7, 11) is -4.47. The maximum atomic E-state index is 12.8. The Hall–Kier alpha value is -3.00. The normalized spacial score (nSPS) is 14.7. The molecule has 0 atom stereocenters. The molecule has 0 aliphatic carbocycles. The van der Waals surface area contributed by atoms with Crippen molar-refractivity contribution in [2.24, 2.45) is 0 Å². The van der Waals surface area contributed by atoms with Crippen LogP contribution in [0, 0.1) is 6.92 Å². The van der Waals surface area contributed by atoms with Crippen molar-refractivity contribution in [2.45, 2.75) is 11.8 Å². The summed E-state index contributed by atoms with van der Waals surface area (Å²) in [5, 5.41) is 0.305. The Bertz CT molecular complexity index is 1280. The molecule has 0 unspecified atom stereocenters. The first-order chi connectivity index (χ1) is 13.7. The molecule has 3 aromatic rings. The number of nitrogens with zero attached hydrogens (tertiary/aromatic N) is 1. The second-order valence-corrected chi connectivity index (χ2v) is 8.33. The van der Waals surface area contributed by atoms with E-state index < -0.39 is 10.1 Å². The first-order valence-electron chi connectivity index (χ1n) is 8.50. The summed E-state index contributed by atoms with van der Waals surface area (Å²) in [6.45, 7) is 1.73. The van der Waals surface area contributed by atoms with Crippen molar-refractivity contribution in [2.75, 3.05) is 0 Å². The van der Waals surface area contributed by atoms with Crippen molar-refractivity contribution in [3.05, 3.63) is 82.3 Å². The van der Waals surface area contributed by atoms with Gasteiger partial charge >= 0.3 is 0 Å². The van der Waals surface area contributed by atoms with E-state index in [1.165, 1.54) is 18.2 Å². The number of aryl methyl sites for hydroxylation is 1. The number of ketones is 1. The lowest BCUT2D eigenvalue weighted by atomic mass is 9.97. The number of halogens is 1. The summed E-state index contributed by atoms with van der Waals surface area (Å²) in [6, 6.07) is 10.8. The number of benzene rings is 2. The van der Waals surface area contributed by atoms with Crippen molar-refractivity contribution in [1.29, 1.82) is 0 Å². The lowest BCUT2D eigenvalue weighted by molar-refractivity contribution is 0.101. The third kappa shape index (κ3) is 3.67. The quantitative estimate of drug-likeness (QED) is 0.486. The smallest absolute Gasteiger partial charge is 0.295 e. The summed E-state index contributed by atoms with van der Waals surface area (Å²) in [5.74, 6) is 0.185. The Balaban J connectivity index is 1.84. The van der Waals surface area contributed by atoms with Crippen molar-refractivity contribution >= 4 is 33.6 Å². The maximum Gasteiger partial charge on any atom is 0.295 e. The van der Waals surface area contributed by atoms with Gasteiger partial charge in [-0.3, -0.25) is 14.3 Å². The van der Waals surface area contributed by atoms with Crippen molar-refractivity contribution < 1.29 is 22.5 Å². The molecule has 0 saturated heterocycles. The van der Waals surface area contributed by atoms with E-state index in [1.54, 1.807) is 49.7 Å². The molecule has 0 saturated carbocycles. The zero-order valence-corrected chi connectivity index (χ0v) is 16.7. The Kier molecular flexibility index (Phi) is 4.74. The van der Waals surface area contributed by atoms with Crippen LogP contribution in [0.1, 0.15) is 21.5 Å². The topological polar surface area (TPSA) is 93.6 Å². The van der Waals surface area contributed by atoms with Gasteiger partial charge in [0.05, 0.1) is 5.56 Å². The molecular weight excluding hydrogens is 414 g/mol. The van der Waals surface area contributed by atoms with Gasteiger partial charge in [-0.05, 0) is 60.0 Å². The molecule has 1 N–H and O–H groups in total. The second kappa shape index (κ2) is 7.11. The molecule has 0 bridgehead atoms. The van der Waals surface area contributed by atoms with Crippen molar-refractivity contribution in [1.82, 2.24) is 4.98 Å². The first kappa shape index (κ1) is 19.3. The van der Waals surface area contributed by atoms with E-state index >= 15 is 0 Å². The van der Waals surface area contributed by atoms with Crippen LogP contribution in [0.25, 0.3) is 17.2 Å². The van der Waals surface area contributed by atoms with Gasteiger partial charge in [0, 0.05) is 23.0 Å². The van der Waals surface area contributed by atoms with Crippen LogP contribution >= 0.6 is 11.6 Å². The first-order valence-corrected chi connectivity index (χ1v) is 10.3. The van der Waals surface area contributed by atoms with Crippen LogP contribution in [0.4, 0.5) is 0 Å². The molecule has 1 aromatic heterocycles. The summed E-state index contributed by atoms with van der Waals surface area (Å²) in [5.41, 5.74) is 2.39. The molecule has 1 aliphatic rings. The summed E-state index contributed by atoms with van der Waals surface area (Å²) in [4.78, 5) is 16.5. The molecular formula is C21H14ClNO5S. The second-order valence-electron chi connectivity index (χ2n) is 6.51. The molecule has 0 amide bonds. The van der Waals surface area contributed by atoms with E-state index in [-0.39, 0.29) is 22.0 Å². The molecule has 0 radical (unpaired) electrons. The highest BCUT2D eigenvalue weighted by molar-refractivity contribution is 7.86. The number of hydrogen-bond donors (Lipinski definition) is 1. The van der Waals surface area contributed by atoms with Crippen LogP contribution in [-0.4, -0.2) is 23.7 Å². The molecule has 8 heteroatoms. The molecule has 0 spiro atoms. The number of pyridine rings is 1. The van der Waals surface area contributed by atoms with Gasteiger partial charge in [-0.25, -0.2) is 0 Å². The Morgan fingerprint density at radius 1 is 1.17 bits per heavy atom.